The van der Waals surface area contributed by atoms with Crippen LogP contribution in [0.5, 0.6) is 0 Å². The van der Waals surface area contributed by atoms with Gasteiger partial charge in [-0.2, -0.15) is 0 Å². The molecule has 1 amide bonds. The molecule has 7 heteroatoms. The van der Waals surface area contributed by atoms with Crippen molar-refractivity contribution in [3.63, 3.8) is 0 Å². The molecule has 0 aliphatic heterocycles. The summed E-state index contributed by atoms with van der Waals surface area (Å²) in [4.78, 5) is 31.4. The Hall–Kier alpha value is -1.34. The molecule has 1 atom stereocenters. The third-order valence-corrected chi connectivity index (χ3v) is 6.70. The molecule has 0 radical (unpaired) electrons. The Morgan fingerprint density at radius 2 is 2.17 bits per heavy atom. The van der Waals surface area contributed by atoms with E-state index in [2.05, 4.69) is 17.2 Å². The van der Waals surface area contributed by atoms with Gasteiger partial charge in [-0.3, -0.25) is 14.2 Å². The van der Waals surface area contributed by atoms with Crippen molar-refractivity contribution in [3.05, 3.63) is 20.8 Å². The standard InChI is InChI=1S/C17H23N3O2S2/c1-5-20-16(22)14-9(2)11(4)24-15(14)19-17(20)23-8-13(21)18-10(3)12-6-7-12/h10,12H,5-8H2,1-4H3,(H,18,21)/t10-/m1/s1. The Morgan fingerprint density at radius 3 is 2.79 bits per heavy atom. The van der Waals surface area contributed by atoms with Gasteiger partial charge in [0, 0.05) is 17.5 Å². The average molecular weight is 366 g/mol. The third kappa shape index (κ3) is 3.37. The van der Waals surface area contributed by atoms with Crippen molar-refractivity contribution in [2.75, 3.05) is 5.75 Å². The molecule has 1 aliphatic rings. The molecule has 2 aromatic rings. The minimum atomic E-state index is -0.00129. The largest absolute Gasteiger partial charge is 0.353 e. The zero-order chi connectivity index (χ0) is 17.4. The predicted octanol–water partition coefficient (Wildman–Crippen LogP) is 3.10. The second-order valence-electron chi connectivity index (χ2n) is 6.39. The second kappa shape index (κ2) is 6.88. The molecule has 1 aliphatic carbocycles. The van der Waals surface area contributed by atoms with Crippen LogP contribution in [0.1, 0.15) is 37.1 Å². The number of hydrogen-bond acceptors (Lipinski definition) is 5. The molecule has 1 N–H and O–H groups in total. The van der Waals surface area contributed by atoms with E-state index in [-0.39, 0.29) is 17.5 Å². The Kier molecular flexibility index (Phi) is 5.01. The van der Waals surface area contributed by atoms with Crippen molar-refractivity contribution in [2.24, 2.45) is 5.92 Å². The molecular formula is C17H23N3O2S2. The highest BCUT2D eigenvalue weighted by Gasteiger charge is 2.28. The van der Waals surface area contributed by atoms with Crippen molar-refractivity contribution in [2.45, 2.75) is 58.3 Å². The van der Waals surface area contributed by atoms with Crippen LogP contribution in [-0.2, 0) is 11.3 Å². The smallest absolute Gasteiger partial charge is 0.263 e. The average Bonchev–Trinajstić information content (AvgIpc) is 3.33. The normalized spacial score (nSPS) is 15.7. The first-order valence-corrected chi connectivity index (χ1v) is 10.1. The van der Waals surface area contributed by atoms with Gasteiger partial charge in [0.1, 0.15) is 4.83 Å². The van der Waals surface area contributed by atoms with E-state index >= 15 is 0 Å². The summed E-state index contributed by atoms with van der Waals surface area (Å²) in [5, 5.41) is 4.39. The van der Waals surface area contributed by atoms with Crippen molar-refractivity contribution in [1.29, 1.82) is 0 Å². The number of carbonyl (C=O) groups is 1. The molecule has 0 spiro atoms. The Morgan fingerprint density at radius 1 is 1.46 bits per heavy atom. The number of hydrogen-bond donors (Lipinski definition) is 1. The summed E-state index contributed by atoms with van der Waals surface area (Å²) in [6.07, 6.45) is 2.42. The van der Waals surface area contributed by atoms with E-state index in [1.54, 1.807) is 15.9 Å². The van der Waals surface area contributed by atoms with Crippen LogP contribution in [-0.4, -0.2) is 27.3 Å². The monoisotopic (exact) mass is 365 g/mol. The topological polar surface area (TPSA) is 64.0 Å². The van der Waals surface area contributed by atoms with Crippen molar-refractivity contribution < 1.29 is 4.79 Å². The van der Waals surface area contributed by atoms with Crippen LogP contribution in [0.3, 0.4) is 0 Å². The van der Waals surface area contributed by atoms with Gasteiger partial charge in [0.15, 0.2) is 5.16 Å². The number of nitrogens with zero attached hydrogens (tertiary/aromatic N) is 2. The first kappa shape index (κ1) is 17.5. The lowest BCUT2D eigenvalue weighted by Crippen LogP contribution is -2.35. The first-order chi connectivity index (χ1) is 11.4. The molecule has 0 saturated heterocycles. The third-order valence-electron chi connectivity index (χ3n) is 4.62. The number of carbonyl (C=O) groups excluding carboxylic acids is 1. The van der Waals surface area contributed by atoms with E-state index in [0.29, 0.717) is 23.4 Å². The van der Waals surface area contributed by atoms with E-state index < -0.39 is 0 Å². The molecule has 0 aromatic carbocycles. The van der Waals surface area contributed by atoms with Gasteiger partial charge < -0.3 is 5.32 Å². The van der Waals surface area contributed by atoms with Crippen molar-refractivity contribution in [3.8, 4) is 0 Å². The van der Waals surface area contributed by atoms with Crippen LogP contribution in [0.15, 0.2) is 9.95 Å². The molecular weight excluding hydrogens is 342 g/mol. The highest BCUT2D eigenvalue weighted by molar-refractivity contribution is 7.99. The minimum absolute atomic E-state index is 0.00129. The van der Waals surface area contributed by atoms with Gasteiger partial charge in [0.05, 0.1) is 11.1 Å². The second-order valence-corrected chi connectivity index (χ2v) is 8.54. The summed E-state index contributed by atoms with van der Waals surface area (Å²) in [6, 6.07) is 0.240. The highest BCUT2D eigenvalue weighted by Crippen LogP contribution is 2.32. The van der Waals surface area contributed by atoms with Crippen LogP contribution in [0.4, 0.5) is 0 Å². The maximum absolute atomic E-state index is 12.8. The van der Waals surface area contributed by atoms with Gasteiger partial charge in [0.2, 0.25) is 5.91 Å². The number of fused-ring (bicyclic) bond motifs is 1. The van der Waals surface area contributed by atoms with Crippen LogP contribution < -0.4 is 10.9 Å². The van der Waals surface area contributed by atoms with Crippen molar-refractivity contribution in [1.82, 2.24) is 14.9 Å². The lowest BCUT2D eigenvalue weighted by Gasteiger charge is -2.13. The van der Waals surface area contributed by atoms with Crippen LogP contribution >= 0.6 is 23.1 Å². The van der Waals surface area contributed by atoms with Crippen LogP contribution in [0.25, 0.3) is 10.2 Å². The number of thioether (sulfide) groups is 1. The molecule has 2 aromatic heterocycles. The molecule has 5 nitrogen and oxygen atoms in total. The van der Waals surface area contributed by atoms with E-state index in [4.69, 9.17) is 0 Å². The number of nitrogens with one attached hydrogen (secondary N) is 1. The molecule has 0 bridgehead atoms. The van der Waals surface area contributed by atoms with Crippen LogP contribution in [0, 0.1) is 19.8 Å². The first-order valence-electron chi connectivity index (χ1n) is 8.35. The molecule has 2 heterocycles. The molecule has 24 heavy (non-hydrogen) atoms. The molecule has 130 valence electrons. The molecule has 3 rings (SSSR count). The van der Waals surface area contributed by atoms with Crippen molar-refractivity contribution >= 4 is 39.2 Å². The van der Waals surface area contributed by atoms with E-state index in [1.807, 2.05) is 20.8 Å². The minimum Gasteiger partial charge on any atom is -0.353 e. The summed E-state index contributed by atoms with van der Waals surface area (Å²) in [5.74, 6) is 0.937. The lowest BCUT2D eigenvalue weighted by molar-refractivity contribution is -0.119. The fourth-order valence-electron chi connectivity index (χ4n) is 2.84. The fourth-order valence-corrected chi connectivity index (χ4v) is 4.78. The SMILES string of the molecule is CCn1c(SCC(=O)N[C@H](C)C2CC2)nc2sc(C)c(C)c2c1=O. The zero-order valence-corrected chi connectivity index (χ0v) is 16.1. The lowest BCUT2D eigenvalue weighted by atomic mass is 10.2. The summed E-state index contributed by atoms with van der Waals surface area (Å²) < 4.78 is 1.67. The summed E-state index contributed by atoms with van der Waals surface area (Å²) in [5.41, 5.74) is 1.01. The molecule has 1 saturated carbocycles. The van der Waals surface area contributed by atoms with Gasteiger partial charge in [-0.25, -0.2) is 4.98 Å². The Labute approximate surface area is 149 Å². The Bertz CT molecular complexity index is 836. The fraction of sp³-hybridized carbons (Fsp3) is 0.588. The van der Waals surface area contributed by atoms with Gasteiger partial charge >= 0.3 is 0 Å². The van der Waals surface area contributed by atoms with Crippen LogP contribution in [0.2, 0.25) is 0 Å². The number of thiophene rings is 1. The van der Waals surface area contributed by atoms with E-state index in [1.165, 1.54) is 24.6 Å². The van der Waals surface area contributed by atoms with E-state index in [0.717, 1.165) is 20.7 Å². The number of amides is 1. The number of rotatable bonds is 6. The highest BCUT2D eigenvalue weighted by atomic mass is 32.2. The van der Waals surface area contributed by atoms with Gasteiger partial charge in [-0.15, -0.1) is 11.3 Å². The van der Waals surface area contributed by atoms with Gasteiger partial charge in [-0.1, -0.05) is 11.8 Å². The quantitative estimate of drug-likeness (QED) is 0.631. The predicted molar refractivity (Wildman–Crippen MR) is 100 cm³/mol. The zero-order valence-electron chi connectivity index (χ0n) is 14.5. The molecule has 0 unspecified atom stereocenters. The maximum atomic E-state index is 12.8. The number of aromatic nitrogens is 2. The summed E-state index contributed by atoms with van der Waals surface area (Å²) in [6.45, 7) is 8.53. The number of aryl methyl sites for hydroxylation is 2. The maximum Gasteiger partial charge on any atom is 0.263 e. The summed E-state index contributed by atoms with van der Waals surface area (Å²) >= 11 is 2.89. The molecule has 1 fully saturated rings. The van der Waals surface area contributed by atoms with Gasteiger partial charge in [0.25, 0.3) is 5.56 Å². The summed E-state index contributed by atoms with van der Waals surface area (Å²) in [7, 11) is 0. The van der Waals surface area contributed by atoms with E-state index in [9.17, 15) is 9.59 Å². The Balaban J connectivity index is 1.80. The van der Waals surface area contributed by atoms with Gasteiger partial charge in [-0.05, 0) is 52.0 Å².